The van der Waals surface area contributed by atoms with Crippen molar-refractivity contribution in [3.05, 3.63) is 17.5 Å². The average Bonchev–Trinajstić information content (AvgIpc) is 3.11. The lowest BCUT2D eigenvalue weighted by molar-refractivity contribution is -0.143. The highest BCUT2D eigenvalue weighted by atomic mass is 16.5. The third kappa shape index (κ3) is 1.99. The topological polar surface area (TPSA) is 92.5 Å². The molecule has 0 unspecified atom stereocenters. The predicted octanol–water partition coefficient (Wildman–Crippen LogP) is 0.429. The largest absolute Gasteiger partial charge is 0.360 e. The van der Waals surface area contributed by atoms with Crippen LogP contribution in [0.25, 0.3) is 0 Å². The van der Waals surface area contributed by atoms with Crippen LogP contribution in [0.1, 0.15) is 48.9 Å². The minimum atomic E-state index is -1.09. The Morgan fingerprint density at radius 3 is 2.80 bits per heavy atom. The van der Waals surface area contributed by atoms with Crippen LogP contribution in [0.15, 0.2) is 10.6 Å². The van der Waals surface area contributed by atoms with Gasteiger partial charge in [-0.1, -0.05) is 5.16 Å². The maximum atomic E-state index is 12.4. The van der Waals surface area contributed by atoms with E-state index < -0.39 is 23.3 Å². The molecule has 7 nitrogen and oxygen atoms in total. The van der Waals surface area contributed by atoms with Crippen LogP contribution in [0.3, 0.4) is 0 Å². The number of amides is 3. The standard InChI is InChI=1S/C13H15N3O4/c1-13(2)12(19)14-10(17)6-16(13)11(18)8-5-9(20-15-8)7-3-4-7/h5,7H,3-4,6H2,1-2H3,(H,14,17,19). The van der Waals surface area contributed by atoms with Crippen molar-refractivity contribution in [2.75, 3.05) is 6.54 Å². The molecule has 1 saturated heterocycles. The van der Waals surface area contributed by atoms with Gasteiger partial charge < -0.3 is 9.42 Å². The van der Waals surface area contributed by atoms with Gasteiger partial charge in [0.25, 0.3) is 11.8 Å². The molecule has 2 aliphatic rings. The van der Waals surface area contributed by atoms with Gasteiger partial charge in [0, 0.05) is 12.0 Å². The number of nitrogens with one attached hydrogen (secondary N) is 1. The molecule has 1 N–H and O–H groups in total. The molecule has 1 saturated carbocycles. The lowest BCUT2D eigenvalue weighted by Crippen LogP contribution is -2.65. The van der Waals surface area contributed by atoms with E-state index in [-0.39, 0.29) is 12.2 Å². The molecular weight excluding hydrogens is 262 g/mol. The summed E-state index contributed by atoms with van der Waals surface area (Å²) >= 11 is 0. The molecule has 3 amide bonds. The Morgan fingerprint density at radius 1 is 1.45 bits per heavy atom. The number of rotatable bonds is 2. The first-order valence-corrected chi connectivity index (χ1v) is 6.52. The van der Waals surface area contributed by atoms with Gasteiger partial charge in [-0.05, 0) is 26.7 Å². The van der Waals surface area contributed by atoms with Crippen LogP contribution in [-0.4, -0.2) is 39.9 Å². The first kappa shape index (κ1) is 12.8. The Kier molecular flexibility index (Phi) is 2.67. The number of imide groups is 1. The van der Waals surface area contributed by atoms with Crippen LogP contribution in [0, 0.1) is 0 Å². The van der Waals surface area contributed by atoms with Crippen LogP contribution >= 0.6 is 0 Å². The van der Waals surface area contributed by atoms with Gasteiger partial charge in [0.1, 0.15) is 17.8 Å². The van der Waals surface area contributed by atoms with Gasteiger partial charge in [0.05, 0.1) is 0 Å². The van der Waals surface area contributed by atoms with E-state index in [4.69, 9.17) is 4.52 Å². The second-order valence-corrected chi connectivity index (χ2v) is 5.72. The quantitative estimate of drug-likeness (QED) is 0.791. The van der Waals surface area contributed by atoms with Crippen molar-refractivity contribution in [1.29, 1.82) is 0 Å². The summed E-state index contributed by atoms with van der Waals surface area (Å²) in [6, 6.07) is 1.60. The molecule has 0 spiro atoms. The molecule has 7 heteroatoms. The average molecular weight is 277 g/mol. The fourth-order valence-electron chi connectivity index (χ4n) is 2.20. The first-order chi connectivity index (χ1) is 9.39. The minimum absolute atomic E-state index is 0.141. The Bertz CT molecular complexity index is 601. The van der Waals surface area contributed by atoms with Crippen molar-refractivity contribution in [1.82, 2.24) is 15.4 Å². The van der Waals surface area contributed by atoms with Gasteiger partial charge in [-0.2, -0.15) is 0 Å². The van der Waals surface area contributed by atoms with Gasteiger partial charge in [-0.25, -0.2) is 0 Å². The van der Waals surface area contributed by atoms with Gasteiger partial charge in [-0.15, -0.1) is 0 Å². The zero-order valence-corrected chi connectivity index (χ0v) is 11.3. The number of piperazine rings is 1. The van der Waals surface area contributed by atoms with E-state index in [9.17, 15) is 14.4 Å². The minimum Gasteiger partial charge on any atom is -0.360 e. The second-order valence-electron chi connectivity index (χ2n) is 5.72. The van der Waals surface area contributed by atoms with Crippen LogP contribution in [-0.2, 0) is 9.59 Å². The van der Waals surface area contributed by atoms with Crippen molar-refractivity contribution in [2.24, 2.45) is 0 Å². The summed E-state index contributed by atoms with van der Waals surface area (Å²) in [7, 11) is 0. The molecule has 0 bridgehead atoms. The summed E-state index contributed by atoms with van der Waals surface area (Å²) in [5.41, 5.74) is -0.952. The van der Waals surface area contributed by atoms with E-state index in [1.54, 1.807) is 19.9 Å². The van der Waals surface area contributed by atoms with Crippen molar-refractivity contribution >= 4 is 17.7 Å². The Hall–Kier alpha value is -2.18. The van der Waals surface area contributed by atoms with Gasteiger partial charge in [0.2, 0.25) is 5.91 Å². The molecule has 1 aliphatic carbocycles. The third-order valence-corrected chi connectivity index (χ3v) is 3.76. The molecule has 0 aromatic carbocycles. The first-order valence-electron chi connectivity index (χ1n) is 6.52. The van der Waals surface area contributed by atoms with Crippen molar-refractivity contribution in [3.8, 4) is 0 Å². The monoisotopic (exact) mass is 277 g/mol. The summed E-state index contributed by atoms with van der Waals surface area (Å²) in [6.07, 6.45) is 2.08. The zero-order valence-electron chi connectivity index (χ0n) is 11.3. The Balaban J connectivity index is 1.87. The number of aromatic nitrogens is 1. The van der Waals surface area contributed by atoms with Crippen LogP contribution < -0.4 is 5.32 Å². The van der Waals surface area contributed by atoms with E-state index in [1.807, 2.05) is 0 Å². The smallest absolute Gasteiger partial charge is 0.277 e. The van der Waals surface area contributed by atoms with Crippen LogP contribution in [0.2, 0.25) is 0 Å². The van der Waals surface area contributed by atoms with E-state index >= 15 is 0 Å². The number of carbonyl (C=O) groups is 3. The summed E-state index contributed by atoms with van der Waals surface area (Å²) < 4.78 is 5.14. The molecule has 3 rings (SSSR count). The summed E-state index contributed by atoms with van der Waals surface area (Å²) in [5, 5.41) is 5.98. The SMILES string of the molecule is CC1(C)C(=O)NC(=O)CN1C(=O)c1cc(C2CC2)on1. The van der Waals surface area contributed by atoms with E-state index in [0.717, 1.165) is 12.8 Å². The van der Waals surface area contributed by atoms with Crippen LogP contribution in [0.4, 0.5) is 0 Å². The molecule has 106 valence electrons. The normalized spacial score (nSPS) is 21.8. The highest BCUT2D eigenvalue weighted by Gasteiger charge is 2.44. The maximum absolute atomic E-state index is 12.4. The zero-order chi connectivity index (χ0) is 14.5. The third-order valence-electron chi connectivity index (χ3n) is 3.76. The number of nitrogens with zero attached hydrogens (tertiary/aromatic N) is 2. The summed E-state index contributed by atoms with van der Waals surface area (Å²) in [5.74, 6) is -0.405. The van der Waals surface area contributed by atoms with Gasteiger partial charge in [0.15, 0.2) is 5.69 Å². The van der Waals surface area contributed by atoms with E-state index in [0.29, 0.717) is 11.7 Å². The van der Waals surface area contributed by atoms with Crippen molar-refractivity contribution in [2.45, 2.75) is 38.1 Å². The van der Waals surface area contributed by atoms with E-state index in [2.05, 4.69) is 10.5 Å². The Morgan fingerprint density at radius 2 is 2.15 bits per heavy atom. The summed E-state index contributed by atoms with van der Waals surface area (Å²) in [4.78, 5) is 36.9. The molecule has 1 aromatic rings. The highest BCUT2D eigenvalue weighted by molar-refractivity contribution is 6.08. The number of carbonyl (C=O) groups excluding carboxylic acids is 3. The lowest BCUT2D eigenvalue weighted by Gasteiger charge is -2.39. The fourth-order valence-corrected chi connectivity index (χ4v) is 2.20. The molecule has 2 heterocycles. The van der Waals surface area contributed by atoms with Crippen molar-refractivity contribution in [3.63, 3.8) is 0 Å². The second kappa shape index (κ2) is 4.16. The van der Waals surface area contributed by atoms with E-state index in [1.165, 1.54) is 4.90 Å². The molecule has 1 aromatic heterocycles. The molecule has 0 radical (unpaired) electrons. The van der Waals surface area contributed by atoms with Crippen molar-refractivity contribution < 1.29 is 18.9 Å². The lowest BCUT2D eigenvalue weighted by atomic mass is 9.98. The summed E-state index contributed by atoms with van der Waals surface area (Å²) in [6.45, 7) is 3.02. The molecule has 2 fully saturated rings. The maximum Gasteiger partial charge on any atom is 0.277 e. The Labute approximate surface area is 115 Å². The number of hydrogen-bond acceptors (Lipinski definition) is 5. The van der Waals surface area contributed by atoms with Crippen LogP contribution in [0.5, 0.6) is 0 Å². The predicted molar refractivity (Wildman–Crippen MR) is 66.7 cm³/mol. The number of hydrogen-bond donors (Lipinski definition) is 1. The molecular formula is C13H15N3O4. The molecule has 1 aliphatic heterocycles. The van der Waals surface area contributed by atoms with Gasteiger partial charge >= 0.3 is 0 Å². The fraction of sp³-hybridized carbons (Fsp3) is 0.538. The highest BCUT2D eigenvalue weighted by Crippen LogP contribution is 2.40. The van der Waals surface area contributed by atoms with Gasteiger partial charge in [-0.3, -0.25) is 19.7 Å². The molecule has 20 heavy (non-hydrogen) atoms. The molecule has 0 atom stereocenters.